The molecule has 0 aliphatic heterocycles. The minimum Gasteiger partial charge on any atom is -0.376 e. The van der Waals surface area contributed by atoms with Gasteiger partial charge in [0.2, 0.25) is 0 Å². The molecule has 0 amide bonds. The minimum absolute atomic E-state index is 0.814. The first-order valence-corrected chi connectivity index (χ1v) is 6.43. The molecule has 1 nitrogen and oxygen atoms in total. The fourth-order valence-corrected chi connectivity index (χ4v) is 2.72. The molecule has 1 saturated carbocycles. The van der Waals surface area contributed by atoms with E-state index < -0.39 is 0 Å². The van der Waals surface area contributed by atoms with Crippen LogP contribution in [-0.4, -0.2) is 6.61 Å². The zero-order chi connectivity index (χ0) is 9.64. The Morgan fingerprint density at radius 2 is 2.14 bits per heavy atom. The molecule has 0 N–H and O–H groups in total. The van der Waals surface area contributed by atoms with Crippen LogP contribution >= 0.6 is 11.3 Å². The van der Waals surface area contributed by atoms with Crippen molar-refractivity contribution in [3.63, 3.8) is 0 Å². The van der Waals surface area contributed by atoms with E-state index in [9.17, 15) is 0 Å². The summed E-state index contributed by atoms with van der Waals surface area (Å²) in [6.07, 6.45) is 7.01. The summed E-state index contributed by atoms with van der Waals surface area (Å²) in [6.45, 7) is 1.78. The lowest BCUT2D eigenvalue weighted by Gasteiger charge is -2.20. The van der Waals surface area contributed by atoms with E-state index in [2.05, 4.69) is 17.5 Å². The molecule has 0 unspecified atom stereocenters. The first-order chi connectivity index (χ1) is 6.95. The molecule has 2 rings (SSSR count). The van der Waals surface area contributed by atoms with Gasteiger partial charge >= 0.3 is 0 Å². The first kappa shape index (κ1) is 10.2. The van der Waals surface area contributed by atoms with Gasteiger partial charge in [0.05, 0.1) is 6.61 Å². The average Bonchev–Trinajstić information content (AvgIpc) is 2.72. The van der Waals surface area contributed by atoms with Gasteiger partial charge in [0, 0.05) is 11.5 Å². The Balaban J connectivity index is 1.62. The van der Waals surface area contributed by atoms with E-state index in [1.165, 1.54) is 37.0 Å². The van der Waals surface area contributed by atoms with Crippen molar-refractivity contribution in [1.29, 1.82) is 0 Å². The van der Waals surface area contributed by atoms with Crippen LogP contribution in [0, 0.1) is 5.92 Å². The summed E-state index contributed by atoms with van der Waals surface area (Å²) in [5.41, 5.74) is 0. The zero-order valence-electron chi connectivity index (χ0n) is 8.58. The third-order valence-electron chi connectivity index (χ3n) is 2.90. The van der Waals surface area contributed by atoms with Crippen LogP contribution in [0.25, 0.3) is 0 Å². The smallest absolute Gasteiger partial charge is 0.0809 e. The standard InChI is InChI=1S/C12H18OS/c1-2-5-11(6-3-1)9-13-10-12-7-4-8-14-12/h4,7-8,11H,1-3,5-6,9-10H2. The molecule has 1 aromatic heterocycles. The molecule has 1 aliphatic carbocycles. The molecule has 0 radical (unpaired) electrons. The van der Waals surface area contributed by atoms with Gasteiger partial charge in [0.1, 0.15) is 0 Å². The predicted molar refractivity (Wildman–Crippen MR) is 60.6 cm³/mol. The number of hydrogen-bond donors (Lipinski definition) is 0. The van der Waals surface area contributed by atoms with Crippen LogP contribution in [0.4, 0.5) is 0 Å². The van der Waals surface area contributed by atoms with Crippen molar-refractivity contribution in [2.45, 2.75) is 38.7 Å². The summed E-state index contributed by atoms with van der Waals surface area (Å²) in [7, 11) is 0. The SMILES string of the molecule is c1csc(COCC2CCCCC2)c1. The second-order valence-electron chi connectivity index (χ2n) is 4.10. The van der Waals surface area contributed by atoms with Gasteiger partial charge in [-0.05, 0) is 30.2 Å². The number of thiophene rings is 1. The fourth-order valence-electron chi connectivity index (χ4n) is 2.07. The summed E-state index contributed by atoms with van der Waals surface area (Å²) in [4.78, 5) is 1.35. The Labute approximate surface area is 90.1 Å². The molecular formula is C12H18OS. The zero-order valence-corrected chi connectivity index (χ0v) is 9.39. The highest BCUT2D eigenvalue weighted by atomic mass is 32.1. The maximum Gasteiger partial charge on any atom is 0.0809 e. The van der Waals surface area contributed by atoms with E-state index in [0.717, 1.165) is 19.1 Å². The van der Waals surface area contributed by atoms with Crippen molar-refractivity contribution in [2.75, 3.05) is 6.61 Å². The molecule has 1 aromatic rings. The lowest BCUT2D eigenvalue weighted by molar-refractivity contribution is 0.0755. The average molecular weight is 210 g/mol. The van der Waals surface area contributed by atoms with Crippen LogP contribution in [-0.2, 0) is 11.3 Å². The van der Waals surface area contributed by atoms with E-state index in [0.29, 0.717) is 0 Å². The summed E-state index contributed by atoms with van der Waals surface area (Å²) >= 11 is 1.78. The first-order valence-electron chi connectivity index (χ1n) is 5.55. The maximum atomic E-state index is 5.73. The van der Waals surface area contributed by atoms with Gasteiger partial charge in [-0.2, -0.15) is 0 Å². The van der Waals surface area contributed by atoms with Gasteiger partial charge in [-0.3, -0.25) is 0 Å². The quantitative estimate of drug-likeness (QED) is 0.733. The second-order valence-corrected chi connectivity index (χ2v) is 5.13. The van der Waals surface area contributed by atoms with Crippen LogP contribution in [0.15, 0.2) is 17.5 Å². The lowest BCUT2D eigenvalue weighted by Crippen LogP contribution is -2.12. The lowest BCUT2D eigenvalue weighted by atomic mass is 9.90. The molecular weight excluding hydrogens is 192 g/mol. The van der Waals surface area contributed by atoms with E-state index in [4.69, 9.17) is 4.74 Å². The predicted octanol–water partition coefficient (Wildman–Crippen LogP) is 3.85. The molecule has 14 heavy (non-hydrogen) atoms. The Morgan fingerprint density at radius 3 is 2.86 bits per heavy atom. The number of hydrogen-bond acceptors (Lipinski definition) is 2. The van der Waals surface area contributed by atoms with Gasteiger partial charge in [0.15, 0.2) is 0 Å². The van der Waals surface area contributed by atoms with Gasteiger partial charge < -0.3 is 4.74 Å². The van der Waals surface area contributed by atoms with Crippen molar-refractivity contribution in [1.82, 2.24) is 0 Å². The van der Waals surface area contributed by atoms with Gasteiger partial charge in [-0.1, -0.05) is 25.3 Å². The molecule has 1 fully saturated rings. The highest BCUT2D eigenvalue weighted by Crippen LogP contribution is 2.24. The largest absolute Gasteiger partial charge is 0.376 e. The molecule has 0 spiro atoms. The molecule has 78 valence electrons. The molecule has 0 atom stereocenters. The molecule has 0 bridgehead atoms. The molecule has 2 heteroatoms. The fraction of sp³-hybridized carbons (Fsp3) is 0.667. The Morgan fingerprint density at radius 1 is 1.29 bits per heavy atom. The molecule has 0 saturated heterocycles. The Hall–Kier alpha value is -0.340. The highest BCUT2D eigenvalue weighted by Gasteiger charge is 2.13. The summed E-state index contributed by atoms with van der Waals surface area (Å²) in [5.74, 6) is 0.837. The summed E-state index contributed by atoms with van der Waals surface area (Å²) in [6, 6.07) is 4.23. The molecule has 0 aromatic carbocycles. The Kier molecular flexibility index (Phi) is 4.02. The van der Waals surface area contributed by atoms with Crippen molar-refractivity contribution >= 4 is 11.3 Å². The van der Waals surface area contributed by atoms with Crippen molar-refractivity contribution in [3.8, 4) is 0 Å². The van der Waals surface area contributed by atoms with Gasteiger partial charge in [0.25, 0.3) is 0 Å². The Bertz CT molecular complexity index is 237. The van der Waals surface area contributed by atoms with Crippen LogP contribution < -0.4 is 0 Å². The third kappa shape index (κ3) is 3.10. The molecule has 1 aliphatic rings. The van der Waals surface area contributed by atoms with Gasteiger partial charge in [-0.15, -0.1) is 11.3 Å². The minimum atomic E-state index is 0.814. The van der Waals surface area contributed by atoms with Crippen molar-refractivity contribution in [2.24, 2.45) is 5.92 Å². The monoisotopic (exact) mass is 210 g/mol. The summed E-state index contributed by atoms with van der Waals surface area (Å²) in [5, 5.41) is 2.11. The topological polar surface area (TPSA) is 9.23 Å². The maximum absolute atomic E-state index is 5.73. The van der Waals surface area contributed by atoms with E-state index >= 15 is 0 Å². The van der Waals surface area contributed by atoms with Crippen molar-refractivity contribution in [3.05, 3.63) is 22.4 Å². The normalized spacial score (nSPS) is 18.6. The second kappa shape index (κ2) is 5.52. The van der Waals surface area contributed by atoms with Crippen LogP contribution in [0.5, 0.6) is 0 Å². The van der Waals surface area contributed by atoms with E-state index in [1.54, 1.807) is 11.3 Å². The van der Waals surface area contributed by atoms with Gasteiger partial charge in [-0.25, -0.2) is 0 Å². The third-order valence-corrected chi connectivity index (χ3v) is 3.75. The van der Waals surface area contributed by atoms with Crippen LogP contribution in [0.2, 0.25) is 0 Å². The molecule has 1 heterocycles. The van der Waals surface area contributed by atoms with Crippen LogP contribution in [0.1, 0.15) is 37.0 Å². The van der Waals surface area contributed by atoms with Crippen LogP contribution in [0.3, 0.4) is 0 Å². The number of rotatable bonds is 4. The summed E-state index contributed by atoms with van der Waals surface area (Å²) < 4.78 is 5.73. The van der Waals surface area contributed by atoms with Crippen molar-refractivity contribution < 1.29 is 4.74 Å². The van der Waals surface area contributed by atoms with E-state index in [-0.39, 0.29) is 0 Å². The highest BCUT2D eigenvalue weighted by molar-refractivity contribution is 7.09. The number of ether oxygens (including phenoxy) is 1. The van der Waals surface area contributed by atoms with E-state index in [1.807, 2.05) is 0 Å².